The summed E-state index contributed by atoms with van der Waals surface area (Å²) in [5, 5.41) is 23.5. The Kier molecular flexibility index (Phi) is 5.34. The number of tetrazole rings is 1. The van der Waals surface area contributed by atoms with E-state index in [9.17, 15) is 9.90 Å². The van der Waals surface area contributed by atoms with Crippen LogP contribution in [0.2, 0.25) is 0 Å². The molecule has 6 aromatic rings. The predicted octanol–water partition coefficient (Wildman–Crippen LogP) is 4.06. The molecule has 0 aliphatic rings. The van der Waals surface area contributed by atoms with Gasteiger partial charge in [0.15, 0.2) is 5.82 Å². The summed E-state index contributed by atoms with van der Waals surface area (Å²) in [7, 11) is 0. The van der Waals surface area contributed by atoms with Gasteiger partial charge in [-0.15, -0.1) is 5.10 Å². The number of aromatic amines is 1. The standard InChI is InChI=1S/C27H20N6O3/c34-21-9-12-25-19(13-21)14-23(27(35)29-25)26-30-31-32-33(26)15-17-5-10-22(11-6-17)36-16-20-8-7-18-3-1-2-4-24(18)28-20/h1-14,34H,15-16H2,(H,29,35). The smallest absolute Gasteiger partial charge is 0.259 e. The number of hydrogen-bond donors (Lipinski definition) is 2. The van der Waals surface area contributed by atoms with E-state index in [2.05, 4.69) is 25.5 Å². The number of benzene rings is 3. The van der Waals surface area contributed by atoms with Crippen molar-refractivity contribution in [3.63, 3.8) is 0 Å². The molecule has 2 N–H and O–H groups in total. The van der Waals surface area contributed by atoms with Crippen LogP contribution in [0.15, 0.2) is 89.7 Å². The van der Waals surface area contributed by atoms with Crippen LogP contribution in [-0.2, 0) is 13.2 Å². The minimum atomic E-state index is -0.310. The first-order valence-corrected chi connectivity index (χ1v) is 11.3. The summed E-state index contributed by atoms with van der Waals surface area (Å²) < 4.78 is 7.48. The van der Waals surface area contributed by atoms with Gasteiger partial charge in [0, 0.05) is 16.3 Å². The van der Waals surface area contributed by atoms with Gasteiger partial charge in [0.05, 0.1) is 23.3 Å². The molecule has 6 rings (SSSR count). The monoisotopic (exact) mass is 476 g/mol. The van der Waals surface area contributed by atoms with E-state index in [0.29, 0.717) is 35.4 Å². The van der Waals surface area contributed by atoms with E-state index in [0.717, 1.165) is 27.9 Å². The van der Waals surface area contributed by atoms with E-state index in [4.69, 9.17) is 4.74 Å². The van der Waals surface area contributed by atoms with Crippen LogP contribution in [0.5, 0.6) is 11.5 Å². The molecule has 9 heteroatoms. The highest BCUT2D eigenvalue weighted by Crippen LogP contribution is 2.22. The maximum absolute atomic E-state index is 12.7. The second kappa shape index (κ2) is 8.95. The summed E-state index contributed by atoms with van der Waals surface area (Å²) in [6.07, 6.45) is 0. The second-order valence-corrected chi connectivity index (χ2v) is 8.37. The number of nitrogens with one attached hydrogen (secondary N) is 1. The number of ether oxygens (including phenoxy) is 1. The topological polar surface area (TPSA) is 119 Å². The molecule has 0 unspecified atom stereocenters. The molecule has 0 amide bonds. The fraction of sp³-hybridized carbons (Fsp3) is 0.0741. The zero-order chi connectivity index (χ0) is 24.5. The van der Waals surface area contributed by atoms with E-state index in [-0.39, 0.29) is 11.3 Å². The van der Waals surface area contributed by atoms with Gasteiger partial charge < -0.3 is 14.8 Å². The van der Waals surface area contributed by atoms with Crippen molar-refractivity contribution in [1.29, 1.82) is 0 Å². The Morgan fingerprint density at radius 3 is 2.67 bits per heavy atom. The predicted molar refractivity (Wildman–Crippen MR) is 135 cm³/mol. The molecule has 9 nitrogen and oxygen atoms in total. The van der Waals surface area contributed by atoms with Crippen LogP contribution >= 0.6 is 0 Å². The van der Waals surface area contributed by atoms with Crippen molar-refractivity contribution in [2.75, 3.05) is 0 Å². The highest BCUT2D eigenvalue weighted by molar-refractivity contribution is 5.83. The highest BCUT2D eigenvalue weighted by atomic mass is 16.5. The second-order valence-electron chi connectivity index (χ2n) is 8.37. The van der Waals surface area contributed by atoms with Crippen LogP contribution in [0.4, 0.5) is 0 Å². The Morgan fingerprint density at radius 1 is 0.917 bits per heavy atom. The quantitative estimate of drug-likeness (QED) is 0.372. The third-order valence-electron chi connectivity index (χ3n) is 5.90. The number of pyridine rings is 2. The zero-order valence-corrected chi connectivity index (χ0v) is 19.0. The summed E-state index contributed by atoms with van der Waals surface area (Å²) in [6, 6.07) is 26.0. The van der Waals surface area contributed by atoms with Crippen LogP contribution in [0.1, 0.15) is 11.3 Å². The van der Waals surface area contributed by atoms with Gasteiger partial charge in [-0.2, -0.15) is 0 Å². The lowest BCUT2D eigenvalue weighted by molar-refractivity contribution is 0.301. The summed E-state index contributed by atoms with van der Waals surface area (Å²) in [4.78, 5) is 20.1. The number of hydrogen-bond acceptors (Lipinski definition) is 7. The van der Waals surface area contributed by atoms with Crippen LogP contribution in [0.3, 0.4) is 0 Å². The molecule has 36 heavy (non-hydrogen) atoms. The van der Waals surface area contributed by atoms with Gasteiger partial charge >= 0.3 is 0 Å². The van der Waals surface area contributed by atoms with Crippen molar-refractivity contribution in [3.05, 3.63) is 107 Å². The van der Waals surface area contributed by atoms with Crippen LogP contribution < -0.4 is 10.3 Å². The van der Waals surface area contributed by atoms with E-state index < -0.39 is 0 Å². The molecule has 0 saturated carbocycles. The average molecular weight is 476 g/mol. The molecular weight excluding hydrogens is 456 g/mol. The van der Waals surface area contributed by atoms with Gasteiger partial charge in [-0.25, -0.2) is 9.67 Å². The summed E-state index contributed by atoms with van der Waals surface area (Å²) in [6.45, 7) is 0.730. The van der Waals surface area contributed by atoms with Crippen molar-refractivity contribution in [2.24, 2.45) is 0 Å². The third kappa shape index (κ3) is 4.25. The molecular formula is C27H20N6O3. The molecule has 3 aromatic heterocycles. The first-order chi connectivity index (χ1) is 17.6. The minimum Gasteiger partial charge on any atom is -0.508 e. The number of rotatable bonds is 6. The van der Waals surface area contributed by atoms with Gasteiger partial charge in [-0.3, -0.25) is 4.79 Å². The van der Waals surface area contributed by atoms with E-state index in [1.54, 1.807) is 22.9 Å². The molecule has 0 aliphatic carbocycles. The minimum absolute atomic E-state index is 0.110. The van der Waals surface area contributed by atoms with Gasteiger partial charge in [-0.1, -0.05) is 36.4 Å². The van der Waals surface area contributed by atoms with Gasteiger partial charge in [-0.05, 0) is 64.5 Å². The molecule has 0 fully saturated rings. The molecule has 0 saturated heterocycles. The van der Waals surface area contributed by atoms with Crippen LogP contribution in [0.25, 0.3) is 33.2 Å². The Bertz CT molecular complexity index is 1760. The SMILES string of the molecule is O=c1[nH]c2ccc(O)cc2cc1-c1nnnn1Cc1ccc(OCc2ccc3ccccc3n2)cc1. The number of aromatic hydroxyl groups is 1. The van der Waals surface area contributed by atoms with Gasteiger partial charge in [0.2, 0.25) is 0 Å². The average Bonchev–Trinajstić information content (AvgIpc) is 3.35. The van der Waals surface area contributed by atoms with Crippen molar-refractivity contribution in [3.8, 4) is 22.9 Å². The number of fused-ring (bicyclic) bond motifs is 2. The molecule has 3 heterocycles. The maximum Gasteiger partial charge on any atom is 0.259 e. The molecule has 0 spiro atoms. The molecule has 176 valence electrons. The van der Waals surface area contributed by atoms with Gasteiger partial charge in [0.1, 0.15) is 18.1 Å². The van der Waals surface area contributed by atoms with E-state index in [1.165, 1.54) is 6.07 Å². The Labute approximate surface area is 204 Å². The molecule has 0 radical (unpaired) electrons. The van der Waals surface area contributed by atoms with Crippen molar-refractivity contribution < 1.29 is 9.84 Å². The number of nitrogens with zero attached hydrogens (tertiary/aromatic N) is 5. The molecule has 0 aliphatic heterocycles. The number of aromatic nitrogens is 6. The zero-order valence-electron chi connectivity index (χ0n) is 19.0. The lowest BCUT2D eigenvalue weighted by Gasteiger charge is -2.09. The normalized spacial score (nSPS) is 11.2. The third-order valence-corrected chi connectivity index (χ3v) is 5.90. The van der Waals surface area contributed by atoms with Crippen molar-refractivity contribution in [1.82, 2.24) is 30.2 Å². The van der Waals surface area contributed by atoms with Crippen molar-refractivity contribution in [2.45, 2.75) is 13.2 Å². The summed E-state index contributed by atoms with van der Waals surface area (Å²) >= 11 is 0. The first kappa shape index (κ1) is 21.5. The lowest BCUT2D eigenvalue weighted by atomic mass is 10.1. The fourth-order valence-electron chi connectivity index (χ4n) is 4.07. The number of phenols is 1. The Balaban J connectivity index is 1.18. The van der Waals surface area contributed by atoms with Crippen molar-refractivity contribution >= 4 is 21.8 Å². The van der Waals surface area contributed by atoms with Gasteiger partial charge in [0.25, 0.3) is 5.56 Å². The van der Waals surface area contributed by atoms with E-state index >= 15 is 0 Å². The largest absolute Gasteiger partial charge is 0.508 e. The lowest BCUT2D eigenvalue weighted by Crippen LogP contribution is -2.13. The summed E-state index contributed by atoms with van der Waals surface area (Å²) in [5.41, 5.74) is 3.36. The molecule has 0 bridgehead atoms. The van der Waals surface area contributed by atoms with Crippen LogP contribution in [-0.4, -0.2) is 35.3 Å². The molecule has 3 aromatic carbocycles. The van der Waals surface area contributed by atoms with Crippen LogP contribution in [0, 0.1) is 0 Å². The number of H-pyrrole nitrogens is 1. The number of phenolic OH excluding ortho intramolecular Hbond substituents is 1. The molecule has 0 atom stereocenters. The Hall–Kier alpha value is -5.05. The highest BCUT2D eigenvalue weighted by Gasteiger charge is 2.15. The summed E-state index contributed by atoms with van der Waals surface area (Å²) in [5.74, 6) is 1.17. The number of para-hydroxylation sites is 1. The van der Waals surface area contributed by atoms with E-state index in [1.807, 2.05) is 60.7 Å². The Morgan fingerprint density at radius 2 is 1.78 bits per heavy atom. The fourth-order valence-corrected chi connectivity index (χ4v) is 4.07. The maximum atomic E-state index is 12.7. The first-order valence-electron chi connectivity index (χ1n) is 11.3.